The fraction of sp³-hybridized carbons (Fsp3) is 0.167. The van der Waals surface area contributed by atoms with Gasteiger partial charge in [-0.25, -0.2) is 8.42 Å². The number of amides is 1. The van der Waals surface area contributed by atoms with E-state index in [9.17, 15) is 13.2 Å². The van der Waals surface area contributed by atoms with Crippen LogP contribution in [0.1, 0.15) is 10.4 Å². The van der Waals surface area contributed by atoms with Gasteiger partial charge in [0.1, 0.15) is 5.75 Å². The summed E-state index contributed by atoms with van der Waals surface area (Å²) in [5, 5.41) is 3.11. The highest BCUT2D eigenvalue weighted by atomic mass is 35.5. The average Bonchev–Trinajstić information content (AvgIpc) is 2.59. The van der Waals surface area contributed by atoms with Crippen molar-refractivity contribution in [3.63, 3.8) is 0 Å². The van der Waals surface area contributed by atoms with E-state index in [0.29, 0.717) is 27.7 Å². The molecule has 1 N–H and O–H groups in total. The molecule has 0 saturated carbocycles. The van der Waals surface area contributed by atoms with E-state index in [4.69, 9.17) is 16.3 Å². The highest BCUT2D eigenvalue weighted by molar-refractivity contribution is 7.92. The number of nitrogens with one attached hydrogen (secondary N) is 1. The summed E-state index contributed by atoms with van der Waals surface area (Å²) in [4.78, 5) is 12.4. The molecule has 2 aromatic carbocycles. The molecular weight excluding hydrogens is 376 g/mol. The average molecular weight is 395 g/mol. The smallest absolute Gasteiger partial charge is 0.255 e. The van der Waals surface area contributed by atoms with Gasteiger partial charge >= 0.3 is 0 Å². The minimum Gasteiger partial charge on any atom is -0.495 e. The van der Waals surface area contributed by atoms with Gasteiger partial charge in [-0.1, -0.05) is 17.7 Å². The number of carbonyl (C=O) groups is 1. The monoisotopic (exact) mass is 394 g/mol. The van der Waals surface area contributed by atoms with Gasteiger partial charge in [-0.05, 0) is 42.5 Å². The van der Waals surface area contributed by atoms with E-state index in [1.807, 2.05) is 0 Å². The Morgan fingerprint density at radius 2 is 1.92 bits per heavy atom. The number of rotatable bonds is 7. The minimum atomic E-state index is -3.44. The van der Waals surface area contributed by atoms with Crippen LogP contribution in [-0.2, 0) is 10.0 Å². The van der Waals surface area contributed by atoms with Crippen molar-refractivity contribution in [2.24, 2.45) is 0 Å². The molecule has 0 bridgehead atoms. The van der Waals surface area contributed by atoms with Gasteiger partial charge in [0.15, 0.2) is 0 Å². The quantitative estimate of drug-likeness (QED) is 0.728. The standard InChI is InChI=1S/C18H19ClN2O4S/c1-4-11-21(26(3,23)24)15-8-5-13(6-9-15)18(22)20-14-7-10-17(25-2)16(19)12-14/h4-10,12H,1,11H2,2-3H3,(H,20,22). The molecule has 0 radical (unpaired) electrons. The molecule has 138 valence electrons. The predicted molar refractivity (Wildman–Crippen MR) is 105 cm³/mol. The van der Waals surface area contributed by atoms with E-state index in [-0.39, 0.29) is 12.5 Å². The van der Waals surface area contributed by atoms with Crippen LogP contribution in [0, 0.1) is 0 Å². The fourth-order valence-electron chi connectivity index (χ4n) is 2.28. The summed E-state index contributed by atoms with van der Waals surface area (Å²) in [5.41, 5.74) is 1.36. The molecule has 0 heterocycles. The zero-order chi connectivity index (χ0) is 19.3. The largest absolute Gasteiger partial charge is 0.495 e. The van der Waals surface area contributed by atoms with Crippen LogP contribution >= 0.6 is 11.6 Å². The van der Waals surface area contributed by atoms with Crippen LogP contribution in [0.3, 0.4) is 0 Å². The van der Waals surface area contributed by atoms with Gasteiger partial charge in [-0.3, -0.25) is 9.10 Å². The first-order valence-corrected chi connectivity index (χ1v) is 9.82. The fourth-order valence-corrected chi connectivity index (χ4v) is 3.41. The number of hydrogen-bond donors (Lipinski definition) is 1. The molecule has 1 amide bonds. The Balaban J connectivity index is 2.18. The molecule has 0 saturated heterocycles. The van der Waals surface area contributed by atoms with Crippen molar-refractivity contribution in [3.8, 4) is 5.75 Å². The normalized spacial score (nSPS) is 10.9. The van der Waals surface area contributed by atoms with Crippen molar-refractivity contribution < 1.29 is 17.9 Å². The second-order valence-corrected chi connectivity index (χ2v) is 7.75. The number of ether oxygens (including phenoxy) is 1. The molecule has 0 atom stereocenters. The van der Waals surface area contributed by atoms with Crippen LogP contribution < -0.4 is 14.4 Å². The Morgan fingerprint density at radius 3 is 2.42 bits per heavy atom. The van der Waals surface area contributed by atoms with Gasteiger partial charge in [0.25, 0.3) is 5.91 Å². The molecule has 26 heavy (non-hydrogen) atoms. The summed E-state index contributed by atoms with van der Waals surface area (Å²) in [5.74, 6) is 0.171. The number of sulfonamides is 1. The molecule has 0 fully saturated rings. The predicted octanol–water partition coefficient (Wildman–Crippen LogP) is 3.55. The summed E-state index contributed by atoms with van der Waals surface area (Å²) in [6.45, 7) is 3.71. The van der Waals surface area contributed by atoms with Crippen molar-refractivity contribution in [3.05, 3.63) is 65.7 Å². The number of anilines is 2. The van der Waals surface area contributed by atoms with Gasteiger partial charge < -0.3 is 10.1 Å². The number of hydrogen-bond acceptors (Lipinski definition) is 4. The number of benzene rings is 2. The van der Waals surface area contributed by atoms with E-state index in [1.54, 1.807) is 42.5 Å². The van der Waals surface area contributed by atoms with E-state index in [2.05, 4.69) is 11.9 Å². The van der Waals surface area contributed by atoms with Crippen molar-refractivity contribution >= 4 is 38.9 Å². The first kappa shape index (κ1) is 19.8. The third kappa shape index (κ3) is 4.77. The molecule has 0 aliphatic heterocycles. The van der Waals surface area contributed by atoms with Gasteiger partial charge in [-0.15, -0.1) is 6.58 Å². The summed E-state index contributed by atoms with van der Waals surface area (Å²) < 4.78 is 30.0. The van der Waals surface area contributed by atoms with Gasteiger partial charge in [0.2, 0.25) is 10.0 Å². The second-order valence-electron chi connectivity index (χ2n) is 5.43. The molecule has 2 rings (SSSR count). The molecule has 0 aliphatic rings. The lowest BCUT2D eigenvalue weighted by atomic mass is 10.2. The minimum absolute atomic E-state index is 0.148. The summed E-state index contributed by atoms with van der Waals surface area (Å²) in [6, 6.07) is 11.2. The lowest BCUT2D eigenvalue weighted by molar-refractivity contribution is 0.102. The maximum Gasteiger partial charge on any atom is 0.255 e. The zero-order valence-corrected chi connectivity index (χ0v) is 16.0. The third-order valence-corrected chi connectivity index (χ3v) is 4.98. The number of methoxy groups -OCH3 is 1. The van der Waals surface area contributed by atoms with E-state index >= 15 is 0 Å². The van der Waals surface area contributed by atoms with Gasteiger partial charge in [0, 0.05) is 11.3 Å². The maximum absolute atomic E-state index is 12.4. The summed E-state index contributed by atoms with van der Waals surface area (Å²) >= 11 is 6.04. The highest BCUT2D eigenvalue weighted by Crippen LogP contribution is 2.27. The molecule has 0 aliphatic carbocycles. The molecule has 8 heteroatoms. The summed E-state index contributed by atoms with van der Waals surface area (Å²) in [6.07, 6.45) is 2.61. The number of carbonyl (C=O) groups excluding carboxylic acids is 1. The zero-order valence-electron chi connectivity index (χ0n) is 14.4. The van der Waals surface area contributed by atoms with Gasteiger partial charge in [-0.2, -0.15) is 0 Å². The third-order valence-electron chi connectivity index (χ3n) is 3.52. The first-order chi connectivity index (χ1) is 12.3. The maximum atomic E-state index is 12.4. The Morgan fingerprint density at radius 1 is 1.27 bits per heavy atom. The Bertz CT molecular complexity index is 911. The Labute approximate surface area is 158 Å². The van der Waals surface area contributed by atoms with Gasteiger partial charge in [0.05, 0.1) is 30.6 Å². The van der Waals surface area contributed by atoms with Crippen LogP contribution in [0.2, 0.25) is 5.02 Å². The van der Waals surface area contributed by atoms with E-state index in [1.165, 1.54) is 17.5 Å². The lowest BCUT2D eigenvalue weighted by Crippen LogP contribution is -2.29. The van der Waals surface area contributed by atoms with Crippen molar-refractivity contribution in [2.75, 3.05) is 29.5 Å². The van der Waals surface area contributed by atoms with Crippen molar-refractivity contribution in [2.45, 2.75) is 0 Å². The molecule has 2 aromatic rings. The number of nitrogens with zero attached hydrogens (tertiary/aromatic N) is 1. The number of halogens is 1. The molecule has 0 aromatic heterocycles. The first-order valence-electron chi connectivity index (χ1n) is 7.60. The van der Waals surface area contributed by atoms with E-state index < -0.39 is 10.0 Å². The SMILES string of the molecule is C=CCN(c1ccc(C(=O)Nc2ccc(OC)c(Cl)c2)cc1)S(C)(=O)=O. The van der Waals surface area contributed by atoms with Crippen molar-refractivity contribution in [1.82, 2.24) is 0 Å². The Hall–Kier alpha value is -2.51. The van der Waals surface area contributed by atoms with Crippen LogP contribution in [0.15, 0.2) is 55.1 Å². The molecule has 0 unspecified atom stereocenters. The molecule has 6 nitrogen and oxygen atoms in total. The topological polar surface area (TPSA) is 75.7 Å². The van der Waals surface area contributed by atoms with Crippen LogP contribution in [0.25, 0.3) is 0 Å². The summed E-state index contributed by atoms with van der Waals surface area (Å²) in [7, 11) is -1.93. The van der Waals surface area contributed by atoms with Crippen LogP contribution in [-0.4, -0.2) is 34.2 Å². The highest BCUT2D eigenvalue weighted by Gasteiger charge is 2.16. The molecule has 0 spiro atoms. The van der Waals surface area contributed by atoms with Crippen molar-refractivity contribution in [1.29, 1.82) is 0 Å². The van der Waals surface area contributed by atoms with Crippen LogP contribution in [0.5, 0.6) is 5.75 Å². The molecular formula is C18H19ClN2O4S. The van der Waals surface area contributed by atoms with E-state index in [0.717, 1.165) is 6.26 Å². The van der Waals surface area contributed by atoms with Crippen LogP contribution in [0.4, 0.5) is 11.4 Å². The second kappa shape index (κ2) is 8.25. The Kier molecular flexibility index (Phi) is 6.28. The lowest BCUT2D eigenvalue weighted by Gasteiger charge is -2.20.